The Balaban J connectivity index is 1.28. The molecular weight excluding hydrogens is 372 g/mol. The van der Waals surface area contributed by atoms with Crippen LogP contribution in [0.2, 0.25) is 0 Å². The molecule has 0 amide bonds. The number of carbonyl (C=O) groups is 1. The lowest BCUT2D eigenvalue weighted by Crippen LogP contribution is -2.35. The molecule has 1 aromatic heterocycles. The highest BCUT2D eigenvalue weighted by Gasteiger charge is 2.40. The summed E-state index contributed by atoms with van der Waals surface area (Å²) in [5, 5.41) is 0. The minimum Gasteiger partial charge on any atom is -0.487 e. The number of aryl methyl sites for hydroxylation is 1. The first kappa shape index (κ1) is 19.0. The van der Waals surface area contributed by atoms with E-state index in [0.717, 1.165) is 24.3 Å². The molecule has 1 heterocycles. The summed E-state index contributed by atoms with van der Waals surface area (Å²) < 4.78 is 5.94. The van der Waals surface area contributed by atoms with Crippen molar-refractivity contribution in [3.8, 4) is 5.75 Å². The van der Waals surface area contributed by atoms with E-state index in [2.05, 4.69) is 53.3 Å². The molecule has 30 heavy (non-hydrogen) atoms. The Labute approximate surface area is 177 Å². The second-order valence-corrected chi connectivity index (χ2v) is 8.62. The van der Waals surface area contributed by atoms with Crippen LogP contribution in [-0.4, -0.2) is 15.8 Å². The molecule has 0 atom stereocenters. The monoisotopic (exact) mass is 398 g/mol. The van der Waals surface area contributed by atoms with E-state index in [0.29, 0.717) is 12.4 Å². The number of aromatic nitrogens is 2. The molecule has 2 fully saturated rings. The van der Waals surface area contributed by atoms with Gasteiger partial charge in [-0.15, -0.1) is 0 Å². The zero-order valence-corrected chi connectivity index (χ0v) is 17.3. The third kappa shape index (κ3) is 3.62. The number of carbonyl (C=O) groups excluding carboxylic acids is 1. The third-order valence-corrected chi connectivity index (χ3v) is 6.49. The Morgan fingerprint density at radius 3 is 2.27 bits per heavy atom. The Morgan fingerprint density at radius 1 is 1.00 bits per heavy atom. The highest BCUT2D eigenvalue weighted by atomic mass is 16.5. The SMILES string of the molecule is Cc1ccc(C2(c3ccc(OCc4ccnc(C(=O)C5CC5)n4)cc3)CCC2)cc1. The van der Waals surface area contributed by atoms with Crippen LogP contribution in [0.15, 0.2) is 60.8 Å². The molecule has 0 aliphatic heterocycles. The standard InChI is InChI=1S/C26H26N2O2/c1-18-3-7-20(8-4-18)26(14-2-15-26)21-9-11-23(12-10-21)30-17-22-13-16-27-25(28-22)24(29)19-5-6-19/h3-4,7-13,16,19H,2,5-6,14-15,17H2,1H3. The number of hydrogen-bond donors (Lipinski definition) is 0. The van der Waals surface area contributed by atoms with E-state index in [1.54, 1.807) is 12.3 Å². The minimum atomic E-state index is 0.0584. The van der Waals surface area contributed by atoms with Gasteiger partial charge in [0, 0.05) is 17.5 Å². The number of benzene rings is 2. The lowest BCUT2D eigenvalue weighted by molar-refractivity contribution is 0.0956. The molecule has 0 spiro atoms. The molecule has 2 aromatic carbocycles. The van der Waals surface area contributed by atoms with Gasteiger partial charge in [-0.2, -0.15) is 0 Å². The fourth-order valence-corrected chi connectivity index (χ4v) is 4.30. The molecule has 3 aromatic rings. The molecule has 4 nitrogen and oxygen atoms in total. The summed E-state index contributed by atoms with van der Waals surface area (Å²) in [5.41, 5.74) is 4.92. The second kappa shape index (κ2) is 7.67. The van der Waals surface area contributed by atoms with Gasteiger partial charge in [0.25, 0.3) is 0 Å². The van der Waals surface area contributed by atoms with Gasteiger partial charge >= 0.3 is 0 Å². The summed E-state index contributed by atoms with van der Waals surface area (Å²) in [4.78, 5) is 20.7. The smallest absolute Gasteiger partial charge is 0.203 e. The van der Waals surface area contributed by atoms with E-state index in [-0.39, 0.29) is 17.1 Å². The van der Waals surface area contributed by atoms with Crippen LogP contribution in [-0.2, 0) is 12.0 Å². The molecule has 2 saturated carbocycles. The van der Waals surface area contributed by atoms with Crippen LogP contribution >= 0.6 is 0 Å². The van der Waals surface area contributed by atoms with Crippen molar-refractivity contribution < 1.29 is 9.53 Å². The number of rotatable bonds is 7. The highest BCUT2D eigenvalue weighted by molar-refractivity contribution is 5.95. The van der Waals surface area contributed by atoms with Crippen molar-refractivity contribution in [2.75, 3.05) is 0 Å². The van der Waals surface area contributed by atoms with Gasteiger partial charge in [0.2, 0.25) is 5.78 Å². The van der Waals surface area contributed by atoms with Gasteiger partial charge in [-0.3, -0.25) is 4.79 Å². The molecule has 2 aliphatic rings. The lowest BCUT2D eigenvalue weighted by atomic mass is 9.60. The average Bonchev–Trinajstić information content (AvgIpc) is 3.59. The fraction of sp³-hybridized carbons (Fsp3) is 0.346. The number of ether oxygens (including phenoxy) is 1. The van der Waals surface area contributed by atoms with Crippen molar-refractivity contribution in [2.24, 2.45) is 5.92 Å². The van der Waals surface area contributed by atoms with Crippen LogP contribution in [0.3, 0.4) is 0 Å². The largest absolute Gasteiger partial charge is 0.487 e. The van der Waals surface area contributed by atoms with Gasteiger partial charge in [0.15, 0.2) is 5.82 Å². The summed E-state index contributed by atoms with van der Waals surface area (Å²) in [6.45, 7) is 2.46. The average molecular weight is 399 g/mol. The molecule has 5 rings (SSSR count). The van der Waals surface area contributed by atoms with Crippen molar-refractivity contribution in [1.29, 1.82) is 0 Å². The van der Waals surface area contributed by atoms with E-state index >= 15 is 0 Å². The predicted octanol–water partition coefficient (Wildman–Crippen LogP) is 5.43. The molecular formula is C26H26N2O2. The molecule has 152 valence electrons. The zero-order valence-electron chi connectivity index (χ0n) is 17.3. The van der Waals surface area contributed by atoms with Crippen LogP contribution < -0.4 is 4.74 Å². The summed E-state index contributed by atoms with van der Waals surface area (Å²) in [7, 11) is 0. The van der Waals surface area contributed by atoms with Crippen LogP contribution in [0, 0.1) is 12.8 Å². The maximum absolute atomic E-state index is 12.2. The first-order valence-electron chi connectivity index (χ1n) is 10.8. The number of Topliss-reactive ketones (excluding diaryl/α,β-unsaturated/α-hetero) is 1. The number of ketones is 1. The first-order chi connectivity index (χ1) is 14.6. The first-order valence-corrected chi connectivity index (χ1v) is 10.8. The maximum Gasteiger partial charge on any atom is 0.203 e. The summed E-state index contributed by atoms with van der Waals surface area (Å²) in [6, 6.07) is 19.2. The van der Waals surface area contributed by atoms with E-state index in [1.807, 2.05) is 12.1 Å². The van der Waals surface area contributed by atoms with Crippen LogP contribution in [0.5, 0.6) is 5.75 Å². The summed E-state index contributed by atoms with van der Waals surface area (Å²) in [5.74, 6) is 1.31. The van der Waals surface area contributed by atoms with Gasteiger partial charge < -0.3 is 4.74 Å². The zero-order chi connectivity index (χ0) is 20.6. The van der Waals surface area contributed by atoms with E-state index in [1.165, 1.54) is 36.0 Å². The van der Waals surface area contributed by atoms with E-state index in [4.69, 9.17) is 4.74 Å². The Bertz CT molecular complexity index is 1050. The topological polar surface area (TPSA) is 52.1 Å². The van der Waals surface area contributed by atoms with Gasteiger partial charge in [-0.1, -0.05) is 48.4 Å². The van der Waals surface area contributed by atoms with Crippen LogP contribution in [0.25, 0.3) is 0 Å². The van der Waals surface area contributed by atoms with Crippen molar-refractivity contribution in [3.05, 3.63) is 89.0 Å². The van der Waals surface area contributed by atoms with E-state index in [9.17, 15) is 4.79 Å². The molecule has 0 radical (unpaired) electrons. The third-order valence-electron chi connectivity index (χ3n) is 6.49. The summed E-state index contributed by atoms with van der Waals surface area (Å²) in [6.07, 6.45) is 7.21. The number of hydrogen-bond acceptors (Lipinski definition) is 4. The summed E-state index contributed by atoms with van der Waals surface area (Å²) >= 11 is 0. The van der Waals surface area contributed by atoms with Gasteiger partial charge in [0.1, 0.15) is 12.4 Å². The molecule has 0 saturated heterocycles. The second-order valence-electron chi connectivity index (χ2n) is 8.62. The quantitative estimate of drug-likeness (QED) is 0.498. The van der Waals surface area contributed by atoms with Gasteiger partial charge in [0.05, 0.1) is 5.69 Å². The number of nitrogens with zero attached hydrogens (tertiary/aromatic N) is 2. The minimum absolute atomic E-state index is 0.0584. The predicted molar refractivity (Wildman–Crippen MR) is 116 cm³/mol. The lowest BCUT2D eigenvalue weighted by Gasteiger charge is -2.43. The molecule has 4 heteroatoms. The Kier molecular flexibility index (Phi) is 4.86. The molecule has 2 aliphatic carbocycles. The van der Waals surface area contributed by atoms with Gasteiger partial charge in [-0.25, -0.2) is 9.97 Å². The molecule has 0 bridgehead atoms. The fourth-order valence-electron chi connectivity index (χ4n) is 4.30. The van der Waals surface area contributed by atoms with Gasteiger partial charge in [-0.05, 0) is 61.9 Å². The maximum atomic E-state index is 12.2. The molecule has 0 N–H and O–H groups in total. The van der Waals surface area contributed by atoms with Crippen LogP contribution in [0.4, 0.5) is 0 Å². The highest BCUT2D eigenvalue weighted by Crippen LogP contribution is 2.49. The Hall–Kier alpha value is -3.01. The van der Waals surface area contributed by atoms with Crippen molar-refractivity contribution >= 4 is 5.78 Å². The van der Waals surface area contributed by atoms with Crippen LogP contribution in [0.1, 0.15) is 65.1 Å². The molecule has 0 unspecified atom stereocenters. The van der Waals surface area contributed by atoms with E-state index < -0.39 is 0 Å². The normalized spacial score (nSPS) is 17.2. The Morgan fingerprint density at radius 2 is 1.67 bits per heavy atom. The van der Waals surface area contributed by atoms with Crippen molar-refractivity contribution in [1.82, 2.24) is 9.97 Å². The van der Waals surface area contributed by atoms with Crippen molar-refractivity contribution in [3.63, 3.8) is 0 Å². The van der Waals surface area contributed by atoms with Crippen molar-refractivity contribution in [2.45, 2.75) is 51.0 Å².